The number of fused-ring (bicyclic) bond motifs is 2. The van der Waals surface area contributed by atoms with Crippen LogP contribution in [0, 0.1) is 0 Å². The van der Waals surface area contributed by atoms with Crippen LogP contribution >= 0.6 is 23.4 Å². The number of nitrogens with one attached hydrogen (secondary N) is 2. The Labute approximate surface area is 178 Å². The predicted molar refractivity (Wildman–Crippen MR) is 117 cm³/mol. The maximum atomic E-state index is 12.8. The summed E-state index contributed by atoms with van der Waals surface area (Å²) >= 11 is 7.51. The van der Waals surface area contributed by atoms with Gasteiger partial charge in [0.05, 0.1) is 11.3 Å². The molecular formula is C22H18ClN3O2S. The van der Waals surface area contributed by atoms with E-state index in [-0.39, 0.29) is 11.9 Å². The molecule has 1 heterocycles. The van der Waals surface area contributed by atoms with Gasteiger partial charge >= 0.3 is 6.03 Å². The van der Waals surface area contributed by atoms with E-state index in [1.807, 2.05) is 54.6 Å². The lowest BCUT2D eigenvalue weighted by molar-refractivity contribution is 0.0990. The molecule has 5 nitrogen and oxygen atoms in total. The van der Waals surface area contributed by atoms with Crippen molar-refractivity contribution >= 4 is 46.7 Å². The molecule has 3 aromatic rings. The van der Waals surface area contributed by atoms with E-state index >= 15 is 0 Å². The first-order valence-electron chi connectivity index (χ1n) is 8.99. The van der Waals surface area contributed by atoms with E-state index in [4.69, 9.17) is 11.6 Å². The summed E-state index contributed by atoms with van der Waals surface area (Å²) in [5.74, 6) is -0.0746. The van der Waals surface area contributed by atoms with Crippen LogP contribution in [-0.4, -0.2) is 19.0 Å². The van der Waals surface area contributed by atoms with E-state index in [1.165, 1.54) is 0 Å². The zero-order valence-electron chi connectivity index (χ0n) is 15.6. The van der Waals surface area contributed by atoms with Gasteiger partial charge in [0.25, 0.3) is 5.91 Å². The summed E-state index contributed by atoms with van der Waals surface area (Å²) in [6.07, 6.45) is 0. The summed E-state index contributed by atoms with van der Waals surface area (Å²) < 4.78 is 0. The van der Waals surface area contributed by atoms with Crippen LogP contribution in [0.3, 0.4) is 0 Å². The third-order valence-corrected chi connectivity index (χ3v) is 5.94. The fourth-order valence-electron chi connectivity index (χ4n) is 3.09. The fourth-order valence-corrected chi connectivity index (χ4v) is 4.39. The smallest absolute Gasteiger partial charge is 0.319 e. The standard InChI is InChI=1S/C22H18ClN3O2S/c1-26-18-12-16(25-22(28)24-13-14-5-4-6-15(23)11-14)9-10-20(18)29-19-8-3-2-7-17(19)21(26)27/h2-12H,13H2,1H3,(H2,24,25,28). The van der Waals surface area contributed by atoms with Gasteiger partial charge < -0.3 is 15.5 Å². The minimum Gasteiger partial charge on any atom is -0.334 e. The van der Waals surface area contributed by atoms with Gasteiger partial charge in [0.2, 0.25) is 0 Å². The Morgan fingerprint density at radius 3 is 2.69 bits per heavy atom. The predicted octanol–water partition coefficient (Wildman–Crippen LogP) is 5.40. The van der Waals surface area contributed by atoms with E-state index < -0.39 is 0 Å². The number of anilines is 2. The molecule has 7 heteroatoms. The van der Waals surface area contributed by atoms with Crippen LogP contribution in [-0.2, 0) is 6.54 Å². The Morgan fingerprint density at radius 2 is 1.86 bits per heavy atom. The zero-order chi connectivity index (χ0) is 20.4. The SMILES string of the molecule is CN1C(=O)c2ccccc2Sc2ccc(NC(=O)NCc3cccc(Cl)c3)cc21. The molecule has 2 N–H and O–H groups in total. The summed E-state index contributed by atoms with van der Waals surface area (Å²) in [4.78, 5) is 28.6. The molecule has 1 aliphatic rings. The van der Waals surface area contributed by atoms with E-state index in [0.717, 1.165) is 21.0 Å². The number of halogens is 1. The minimum atomic E-state index is -0.330. The second-order valence-electron chi connectivity index (χ2n) is 6.58. The summed E-state index contributed by atoms with van der Waals surface area (Å²) in [6.45, 7) is 0.362. The van der Waals surface area contributed by atoms with Crippen molar-refractivity contribution in [1.82, 2.24) is 5.32 Å². The highest BCUT2D eigenvalue weighted by Crippen LogP contribution is 2.41. The lowest BCUT2D eigenvalue weighted by Crippen LogP contribution is -2.29. The molecule has 3 amide bonds. The molecule has 0 atom stereocenters. The van der Waals surface area contributed by atoms with Crippen molar-refractivity contribution in [2.75, 3.05) is 17.3 Å². The number of hydrogen-bond donors (Lipinski definition) is 2. The molecule has 4 rings (SSSR count). The maximum absolute atomic E-state index is 12.8. The summed E-state index contributed by atoms with van der Waals surface area (Å²) in [6, 6.07) is 20.1. The van der Waals surface area contributed by atoms with Gasteiger partial charge in [0.15, 0.2) is 0 Å². The monoisotopic (exact) mass is 423 g/mol. The molecule has 0 bridgehead atoms. The maximum Gasteiger partial charge on any atom is 0.319 e. The van der Waals surface area contributed by atoms with Gasteiger partial charge in [-0.25, -0.2) is 4.79 Å². The van der Waals surface area contributed by atoms with Gasteiger partial charge in [0.1, 0.15) is 0 Å². The molecule has 1 aliphatic heterocycles. The van der Waals surface area contributed by atoms with Crippen LogP contribution < -0.4 is 15.5 Å². The number of amides is 3. The lowest BCUT2D eigenvalue weighted by atomic mass is 10.2. The van der Waals surface area contributed by atoms with Crippen LogP contribution in [0.15, 0.2) is 76.5 Å². The average Bonchev–Trinajstić information content (AvgIpc) is 2.82. The average molecular weight is 424 g/mol. The van der Waals surface area contributed by atoms with Crippen molar-refractivity contribution in [1.29, 1.82) is 0 Å². The molecule has 3 aromatic carbocycles. The number of benzene rings is 3. The zero-order valence-corrected chi connectivity index (χ0v) is 17.2. The van der Waals surface area contributed by atoms with Crippen molar-refractivity contribution in [3.63, 3.8) is 0 Å². The summed E-state index contributed by atoms with van der Waals surface area (Å²) in [5, 5.41) is 6.26. The Kier molecular flexibility index (Phi) is 5.47. The largest absolute Gasteiger partial charge is 0.334 e. The molecule has 0 fully saturated rings. The highest BCUT2D eigenvalue weighted by molar-refractivity contribution is 7.99. The van der Waals surface area contributed by atoms with Crippen molar-refractivity contribution < 1.29 is 9.59 Å². The van der Waals surface area contributed by atoms with Crippen molar-refractivity contribution in [2.45, 2.75) is 16.3 Å². The minimum absolute atomic E-state index is 0.0746. The van der Waals surface area contributed by atoms with Gasteiger partial charge in [-0.2, -0.15) is 0 Å². The third-order valence-electron chi connectivity index (χ3n) is 4.56. The molecule has 0 aromatic heterocycles. The van der Waals surface area contributed by atoms with E-state index in [0.29, 0.717) is 22.8 Å². The number of hydrogen-bond acceptors (Lipinski definition) is 3. The van der Waals surface area contributed by atoms with Gasteiger partial charge in [-0.1, -0.05) is 47.6 Å². The number of nitrogens with zero attached hydrogens (tertiary/aromatic N) is 1. The first kappa shape index (κ1) is 19.4. The Morgan fingerprint density at radius 1 is 1.03 bits per heavy atom. The Balaban J connectivity index is 1.50. The molecular weight excluding hydrogens is 406 g/mol. The third kappa shape index (κ3) is 4.23. The number of carbonyl (C=O) groups is 2. The molecule has 0 spiro atoms. The lowest BCUT2D eigenvalue weighted by Gasteiger charge is -2.18. The number of carbonyl (C=O) groups excluding carboxylic acids is 2. The second-order valence-corrected chi connectivity index (χ2v) is 8.10. The van der Waals surface area contributed by atoms with Crippen LogP contribution in [0.5, 0.6) is 0 Å². The molecule has 0 radical (unpaired) electrons. The molecule has 0 saturated heterocycles. The van der Waals surface area contributed by atoms with Crippen molar-refractivity contribution in [3.8, 4) is 0 Å². The Hall–Kier alpha value is -2.96. The van der Waals surface area contributed by atoms with Crippen molar-refractivity contribution in [3.05, 3.63) is 82.9 Å². The van der Waals surface area contributed by atoms with E-state index in [2.05, 4.69) is 10.6 Å². The first-order chi connectivity index (χ1) is 14.0. The molecule has 0 saturated carbocycles. The summed E-state index contributed by atoms with van der Waals surface area (Å²) in [5.41, 5.74) is 2.95. The van der Waals surface area contributed by atoms with Crippen LogP contribution in [0.1, 0.15) is 15.9 Å². The fraction of sp³-hybridized carbons (Fsp3) is 0.0909. The number of rotatable bonds is 3. The highest BCUT2D eigenvalue weighted by Gasteiger charge is 2.24. The van der Waals surface area contributed by atoms with Gasteiger partial charge in [-0.05, 0) is 48.0 Å². The van der Waals surface area contributed by atoms with Gasteiger partial charge in [-0.15, -0.1) is 0 Å². The molecule has 29 heavy (non-hydrogen) atoms. The number of urea groups is 1. The van der Waals surface area contributed by atoms with E-state index in [9.17, 15) is 9.59 Å². The topological polar surface area (TPSA) is 61.4 Å². The van der Waals surface area contributed by atoms with E-state index in [1.54, 1.807) is 35.8 Å². The molecule has 0 aliphatic carbocycles. The van der Waals surface area contributed by atoms with Crippen LogP contribution in [0.4, 0.5) is 16.2 Å². The molecule has 0 unspecified atom stereocenters. The van der Waals surface area contributed by atoms with Gasteiger partial charge in [0, 0.05) is 34.1 Å². The first-order valence-corrected chi connectivity index (χ1v) is 10.2. The Bertz CT molecular complexity index is 1100. The summed E-state index contributed by atoms with van der Waals surface area (Å²) in [7, 11) is 1.74. The van der Waals surface area contributed by atoms with Crippen LogP contribution in [0.2, 0.25) is 5.02 Å². The molecule has 146 valence electrons. The highest BCUT2D eigenvalue weighted by atomic mass is 35.5. The van der Waals surface area contributed by atoms with Crippen molar-refractivity contribution in [2.24, 2.45) is 0 Å². The van der Waals surface area contributed by atoms with Crippen LogP contribution in [0.25, 0.3) is 0 Å². The normalized spacial score (nSPS) is 12.6. The quantitative estimate of drug-likeness (QED) is 0.592. The second kappa shape index (κ2) is 8.19. The van der Waals surface area contributed by atoms with Gasteiger partial charge in [-0.3, -0.25) is 4.79 Å².